The van der Waals surface area contributed by atoms with Gasteiger partial charge in [0.15, 0.2) is 0 Å². The summed E-state index contributed by atoms with van der Waals surface area (Å²) in [6.45, 7) is 2.33. The summed E-state index contributed by atoms with van der Waals surface area (Å²) in [6, 6.07) is 7.44. The number of nitrogens with zero attached hydrogens (tertiary/aromatic N) is 1. The van der Waals surface area contributed by atoms with E-state index >= 15 is 0 Å². The van der Waals surface area contributed by atoms with Gasteiger partial charge < -0.3 is 15.3 Å². The van der Waals surface area contributed by atoms with Crippen LogP contribution < -0.4 is 5.32 Å². The molecule has 6 heteroatoms. The highest BCUT2D eigenvalue weighted by molar-refractivity contribution is 9.10. The van der Waals surface area contributed by atoms with Crippen molar-refractivity contribution in [2.24, 2.45) is 5.92 Å². The number of nitrogens with one attached hydrogen (secondary N) is 1. The van der Waals surface area contributed by atoms with Crippen molar-refractivity contribution in [2.75, 3.05) is 13.1 Å². The van der Waals surface area contributed by atoms with Crippen LogP contribution in [0.25, 0.3) is 0 Å². The lowest BCUT2D eigenvalue weighted by Gasteiger charge is -2.17. The van der Waals surface area contributed by atoms with Crippen LogP contribution in [0.1, 0.15) is 18.5 Å². The molecule has 0 spiro atoms. The fourth-order valence-corrected chi connectivity index (χ4v) is 2.30. The Morgan fingerprint density at radius 1 is 1.53 bits per heavy atom. The molecular weight excluding hydrogens is 312 g/mol. The Kier molecular flexibility index (Phi) is 4.09. The third-order valence-electron chi connectivity index (χ3n) is 3.18. The van der Waals surface area contributed by atoms with Crippen molar-refractivity contribution in [3.05, 3.63) is 34.3 Å². The largest absolute Gasteiger partial charge is 0.481 e. The number of amides is 2. The van der Waals surface area contributed by atoms with Crippen molar-refractivity contribution in [2.45, 2.75) is 13.0 Å². The molecule has 5 nitrogen and oxygen atoms in total. The predicted octanol–water partition coefficient (Wildman–Crippen LogP) is 2.24. The average Bonchev–Trinajstić information content (AvgIpc) is 2.71. The molecule has 0 bridgehead atoms. The minimum atomic E-state index is -0.889. The van der Waals surface area contributed by atoms with Crippen molar-refractivity contribution in [3.63, 3.8) is 0 Å². The second kappa shape index (κ2) is 5.61. The van der Waals surface area contributed by atoms with Gasteiger partial charge in [0.25, 0.3) is 0 Å². The molecular formula is C13H15BrN2O3. The molecule has 2 unspecified atom stereocenters. The lowest BCUT2D eigenvalue weighted by molar-refractivity contribution is -0.141. The Hall–Kier alpha value is -1.56. The van der Waals surface area contributed by atoms with Crippen LogP contribution in [0.2, 0.25) is 0 Å². The molecule has 19 heavy (non-hydrogen) atoms. The first-order valence-electron chi connectivity index (χ1n) is 6.01. The lowest BCUT2D eigenvalue weighted by Crippen LogP contribution is -2.34. The first-order chi connectivity index (χ1) is 8.97. The molecule has 1 heterocycles. The van der Waals surface area contributed by atoms with Crippen molar-refractivity contribution in [1.29, 1.82) is 0 Å². The molecule has 0 saturated carbocycles. The Labute approximate surface area is 119 Å². The minimum Gasteiger partial charge on any atom is -0.481 e. The number of halogens is 1. The van der Waals surface area contributed by atoms with E-state index in [0.29, 0.717) is 6.54 Å². The van der Waals surface area contributed by atoms with E-state index < -0.39 is 11.9 Å². The van der Waals surface area contributed by atoms with Crippen molar-refractivity contribution < 1.29 is 14.7 Å². The summed E-state index contributed by atoms with van der Waals surface area (Å²) >= 11 is 3.36. The Bertz CT molecular complexity index is 489. The van der Waals surface area contributed by atoms with E-state index in [0.717, 1.165) is 10.0 Å². The molecule has 2 amide bonds. The monoisotopic (exact) mass is 326 g/mol. The normalized spacial score (nSPS) is 20.2. The Morgan fingerprint density at radius 3 is 2.74 bits per heavy atom. The zero-order valence-electron chi connectivity index (χ0n) is 10.5. The average molecular weight is 327 g/mol. The van der Waals surface area contributed by atoms with Gasteiger partial charge in [0.1, 0.15) is 0 Å². The number of rotatable bonds is 4. The number of carboxylic acids is 1. The van der Waals surface area contributed by atoms with Crippen LogP contribution in [0.4, 0.5) is 4.79 Å². The van der Waals surface area contributed by atoms with E-state index in [4.69, 9.17) is 5.11 Å². The number of carbonyl (C=O) groups excluding carboxylic acids is 1. The van der Waals surface area contributed by atoms with E-state index in [2.05, 4.69) is 21.2 Å². The van der Waals surface area contributed by atoms with Crippen LogP contribution in [0, 0.1) is 5.92 Å². The molecule has 1 aromatic rings. The van der Waals surface area contributed by atoms with Gasteiger partial charge in [-0.3, -0.25) is 4.79 Å². The maximum absolute atomic E-state index is 11.8. The third kappa shape index (κ3) is 3.26. The quantitative estimate of drug-likeness (QED) is 0.891. The van der Waals surface area contributed by atoms with Crippen LogP contribution in [0.5, 0.6) is 0 Å². The van der Waals surface area contributed by atoms with E-state index in [1.54, 1.807) is 11.8 Å². The third-order valence-corrected chi connectivity index (χ3v) is 3.70. The number of hydrogen-bond donors (Lipinski definition) is 2. The van der Waals surface area contributed by atoms with Crippen LogP contribution in [0.15, 0.2) is 28.7 Å². The summed E-state index contributed by atoms with van der Waals surface area (Å²) < 4.78 is 0.983. The van der Waals surface area contributed by atoms with Crippen LogP contribution in [-0.4, -0.2) is 35.1 Å². The van der Waals surface area contributed by atoms with Gasteiger partial charge in [-0.15, -0.1) is 0 Å². The summed E-state index contributed by atoms with van der Waals surface area (Å²) in [5.74, 6) is -1.45. The first kappa shape index (κ1) is 13.9. The highest BCUT2D eigenvalue weighted by Crippen LogP contribution is 2.22. The molecule has 1 saturated heterocycles. The maximum atomic E-state index is 11.8. The Balaban J connectivity index is 2.03. The summed E-state index contributed by atoms with van der Waals surface area (Å²) in [4.78, 5) is 24.2. The van der Waals surface area contributed by atoms with Gasteiger partial charge in [-0.2, -0.15) is 0 Å². The molecule has 0 radical (unpaired) electrons. The topological polar surface area (TPSA) is 69.6 Å². The van der Waals surface area contributed by atoms with Gasteiger partial charge in [0, 0.05) is 17.6 Å². The number of carboxylic acid groups (broad SMARTS) is 1. The molecule has 1 aliphatic heterocycles. The second-order valence-electron chi connectivity index (χ2n) is 4.70. The van der Waals surface area contributed by atoms with Gasteiger partial charge >= 0.3 is 12.0 Å². The van der Waals surface area contributed by atoms with E-state index in [1.807, 2.05) is 24.3 Å². The summed E-state index contributed by atoms with van der Waals surface area (Å²) in [6.07, 6.45) is 0. The van der Waals surface area contributed by atoms with Crippen LogP contribution in [0.3, 0.4) is 0 Å². The van der Waals surface area contributed by atoms with Crippen molar-refractivity contribution in [1.82, 2.24) is 10.2 Å². The van der Waals surface area contributed by atoms with Gasteiger partial charge in [0.2, 0.25) is 0 Å². The standard InChI is InChI=1S/C13H15BrN2O3/c1-8(12(17)18)6-16-7-11(15-13(16)19)9-2-4-10(14)5-3-9/h2-5,8,11H,6-7H2,1H3,(H,15,19)(H,17,18). The molecule has 2 atom stereocenters. The highest BCUT2D eigenvalue weighted by atomic mass is 79.9. The number of urea groups is 1. The van der Waals surface area contributed by atoms with Crippen LogP contribution >= 0.6 is 15.9 Å². The van der Waals surface area contributed by atoms with E-state index in [9.17, 15) is 9.59 Å². The van der Waals surface area contributed by atoms with E-state index in [-0.39, 0.29) is 18.6 Å². The molecule has 0 aliphatic carbocycles. The number of hydrogen-bond acceptors (Lipinski definition) is 2. The number of carbonyl (C=O) groups is 2. The molecule has 1 aromatic carbocycles. The molecule has 1 fully saturated rings. The zero-order valence-corrected chi connectivity index (χ0v) is 12.1. The van der Waals surface area contributed by atoms with Crippen LogP contribution in [-0.2, 0) is 4.79 Å². The number of aliphatic carboxylic acids is 1. The minimum absolute atomic E-state index is 0.0819. The van der Waals surface area contributed by atoms with Gasteiger partial charge in [-0.05, 0) is 17.7 Å². The van der Waals surface area contributed by atoms with Gasteiger partial charge in [-0.25, -0.2) is 4.79 Å². The maximum Gasteiger partial charge on any atom is 0.318 e. The zero-order chi connectivity index (χ0) is 14.0. The van der Waals surface area contributed by atoms with E-state index in [1.165, 1.54) is 0 Å². The smallest absolute Gasteiger partial charge is 0.318 e. The molecule has 1 aliphatic rings. The van der Waals surface area contributed by atoms with Crippen molar-refractivity contribution >= 4 is 27.9 Å². The highest BCUT2D eigenvalue weighted by Gasteiger charge is 2.31. The second-order valence-corrected chi connectivity index (χ2v) is 5.61. The molecule has 0 aromatic heterocycles. The summed E-state index contributed by atoms with van der Waals surface area (Å²) in [7, 11) is 0. The molecule has 2 N–H and O–H groups in total. The SMILES string of the molecule is CC(CN1CC(c2ccc(Br)cc2)NC1=O)C(=O)O. The summed E-state index contributed by atoms with van der Waals surface area (Å²) in [5.41, 5.74) is 1.02. The Morgan fingerprint density at radius 2 is 2.16 bits per heavy atom. The number of benzene rings is 1. The van der Waals surface area contributed by atoms with Gasteiger partial charge in [0.05, 0.1) is 12.0 Å². The first-order valence-corrected chi connectivity index (χ1v) is 6.80. The van der Waals surface area contributed by atoms with Crippen molar-refractivity contribution in [3.8, 4) is 0 Å². The molecule has 2 rings (SSSR count). The fraction of sp³-hybridized carbons (Fsp3) is 0.385. The predicted molar refractivity (Wildman–Crippen MR) is 73.8 cm³/mol. The fourth-order valence-electron chi connectivity index (χ4n) is 2.04. The molecule has 102 valence electrons. The summed E-state index contributed by atoms with van der Waals surface area (Å²) in [5, 5.41) is 11.7. The lowest BCUT2D eigenvalue weighted by atomic mass is 10.1. The van der Waals surface area contributed by atoms with Gasteiger partial charge in [-0.1, -0.05) is 35.0 Å².